The predicted octanol–water partition coefficient (Wildman–Crippen LogP) is 2.65. The van der Waals surface area contributed by atoms with Crippen molar-refractivity contribution in [1.29, 1.82) is 5.39 Å². The molecule has 1 atom stereocenters. The molecule has 0 bridgehead atoms. The first kappa shape index (κ1) is 17.5. The molecule has 0 radical (unpaired) electrons. The summed E-state index contributed by atoms with van der Waals surface area (Å²) in [5.74, 6) is 0.312. The summed E-state index contributed by atoms with van der Waals surface area (Å²) in [5, 5.41) is 18.2. The molecular weight excluding hydrogens is 310 g/mol. The van der Waals surface area contributed by atoms with Gasteiger partial charge in [0.25, 0.3) is 0 Å². The first-order chi connectivity index (χ1) is 9.90. The summed E-state index contributed by atoms with van der Waals surface area (Å²) in [5.41, 5.74) is 0.953. The molecule has 0 fully saturated rings. The normalized spacial score (nSPS) is 13.7. The SMILES string of the molecule is CSCC[C@H](NS(=O)(=O)c1ccc(C)cc1)/C(O)=C/[N+]#N. The standard InChI is InChI=1S/C13H17N3O3S2/c1-10-3-5-11(6-4-10)21(18,19)16-12(7-8-20-2)13(17)9-15-14/h3-6,9,12,16H,7-8H2,1-2H3/p+1/b13-9-/t12-/m0/s1. The van der Waals surface area contributed by atoms with E-state index in [1.165, 1.54) is 23.9 Å². The van der Waals surface area contributed by atoms with Crippen LogP contribution in [0.25, 0.3) is 4.98 Å². The lowest BCUT2D eigenvalue weighted by Gasteiger charge is -2.16. The molecule has 0 aliphatic carbocycles. The fraction of sp³-hybridized carbons (Fsp3) is 0.385. The van der Waals surface area contributed by atoms with E-state index >= 15 is 0 Å². The molecule has 1 rings (SSSR count). The van der Waals surface area contributed by atoms with Crippen LogP contribution in [0.1, 0.15) is 12.0 Å². The number of nitrogens with zero attached hydrogens (tertiary/aromatic N) is 2. The molecule has 6 nitrogen and oxygen atoms in total. The summed E-state index contributed by atoms with van der Waals surface area (Å²) < 4.78 is 27.0. The van der Waals surface area contributed by atoms with Gasteiger partial charge in [0.2, 0.25) is 15.4 Å². The van der Waals surface area contributed by atoms with Crippen LogP contribution in [0.4, 0.5) is 0 Å². The zero-order chi connectivity index (χ0) is 15.9. The van der Waals surface area contributed by atoms with Crippen molar-refractivity contribution in [3.63, 3.8) is 0 Å². The van der Waals surface area contributed by atoms with Crippen LogP contribution >= 0.6 is 11.8 Å². The monoisotopic (exact) mass is 328 g/mol. The topological polar surface area (TPSA) is 94.6 Å². The van der Waals surface area contributed by atoms with Gasteiger partial charge in [-0.25, -0.2) is 13.1 Å². The van der Waals surface area contributed by atoms with E-state index < -0.39 is 16.1 Å². The Morgan fingerprint density at radius 1 is 1.48 bits per heavy atom. The lowest BCUT2D eigenvalue weighted by molar-refractivity contribution is 0.352. The second kappa shape index (κ2) is 8.02. The van der Waals surface area contributed by atoms with Gasteiger partial charge in [-0.3, -0.25) is 0 Å². The average Bonchev–Trinajstić information content (AvgIpc) is 2.44. The maximum atomic E-state index is 12.3. The van der Waals surface area contributed by atoms with Crippen molar-refractivity contribution < 1.29 is 13.5 Å². The van der Waals surface area contributed by atoms with Gasteiger partial charge in [0.15, 0.2) is 10.7 Å². The molecule has 0 aliphatic rings. The number of nitrogens with one attached hydrogen (secondary N) is 1. The molecule has 8 heteroatoms. The van der Waals surface area contributed by atoms with Crippen LogP contribution in [-0.2, 0) is 10.0 Å². The number of aryl methyl sites for hydroxylation is 1. The Morgan fingerprint density at radius 3 is 2.62 bits per heavy atom. The number of hydrogen-bond donors (Lipinski definition) is 2. The Kier molecular flexibility index (Phi) is 6.68. The maximum Gasteiger partial charge on any atom is 0.389 e. The van der Waals surface area contributed by atoms with E-state index in [0.717, 1.165) is 11.8 Å². The Labute approximate surface area is 128 Å². The van der Waals surface area contributed by atoms with E-state index in [-0.39, 0.29) is 10.7 Å². The summed E-state index contributed by atoms with van der Waals surface area (Å²) in [4.78, 5) is 2.85. The zero-order valence-electron chi connectivity index (χ0n) is 11.9. The summed E-state index contributed by atoms with van der Waals surface area (Å²) in [6.07, 6.45) is 3.08. The number of thioether (sulfide) groups is 1. The minimum Gasteiger partial charge on any atom is -0.504 e. The van der Waals surface area contributed by atoms with E-state index in [1.54, 1.807) is 12.1 Å². The zero-order valence-corrected chi connectivity index (χ0v) is 13.5. The lowest BCUT2D eigenvalue weighted by atomic mass is 10.2. The Bertz CT molecular complexity index is 634. The molecule has 1 aromatic carbocycles. The molecule has 0 aromatic heterocycles. The van der Waals surface area contributed by atoms with Crippen LogP contribution in [0.3, 0.4) is 0 Å². The van der Waals surface area contributed by atoms with E-state index in [0.29, 0.717) is 12.2 Å². The molecule has 0 spiro atoms. The molecule has 0 heterocycles. The van der Waals surface area contributed by atoms with Gasteiger partial charge in [0, 0.05) is 0 Å². The number of benzene rings is 1. The molecule has 1 aromatic rings. The van der Waals surface area contributed by atoms with Crippen molar-refractivity contribution in [2.45, 2.75) is 24.3 Å². The number of rotatable bonds is 7. The summed E-state index contributed by atoms with van der Waals surface area (Å²) in [6.45, 7) is 1.86. The van der Waals surface area contributed by atoms with Gasteiger partial charge in [-0.15, -0.1) is 0 Å². The average molecular weight is 328 g/mol. The Hall–Kier alpha value is -1.56. The van der Waals surface area contributed by atoms with Gasteiger partial charge in [0.05, 0.1) is 10.9 Å². The highest BCUT2D eigenvalue weighted by Gasteiger charge is 2.24. The van der Waals surface area contributed by atoms with Crippen molar-refractivity contribution in [3.8, 4) is 0 Å². The minimum atomic E-state index is -3.75. The molecule has 0 unspecified atom stereocenters. The Morgan fingerprint density at radius 2 is 2.10 bits per heavy atom. The highest BCUT2D eigenvalue weighted by atomic mass is 32.2. The third-order valence-electron chi connectivity index (χ3n) is 2.79. The molecule has 0 saturated carbocycles. The van der Waals surface area contributed by atoms with Crippen molar-refractivity contribution in [2.24, 2.45) is 0 Å². The third kappa shape index (κ3) is 5.38. The molecular formula is C13H18N3O3S2+. The van der Waals surface area contributed by atoms with Crippen LogP contribution in [-0.4, -0.2) is 31.6 Å². The number of sulfonamides is 1. The maximum absolute atomic E-state index is 12.3. The fourth-order valence-electron chi connectivity index (χ4n) is 1.62. The van der Waals surface area contributed by atoms with Gasteiger partial charge < -0.3 is 5.11 Å². The van der Waals surface area contributed by atoms with Gasteiger partial charge in [-0.05, 0) is 37.5 Å². The van der Waals surface area contributed by atoms with Crippen LogP contribution in [0.5, 0.6) is 0 Å². The van der Waals surface area contributed by atoms with Gasteiger partial charge in [-0.2, -0.15) is 11.8 Å². The smallest absolute Gasteiger partial charge is 0.389 e. The van der Waals surface area contributed by atoms with Crippen molar-refractivity contribution in [2.75, 3.05) is 12.0 Å². The van der Waals surface area contributed by atoms with E-state index in [2.05, 4.69) is 9.70 Å². The van der Waals surface area contributed by atoms with Gasteiger partial charge >= 0.3 is 6.20 Å². The molecule has 0 aliphatic heterocycles. The number of aliphatic hydroxyl groups excluding tert-OH is 1. The highest BCUT2D eigenvalue weighted by Crippen LogP contribution is 2.15. The number of hydrogen-bond acceptors (Lipinski definition) is 5. The van der Waals surface area contributed by atoms with Gasteiger partial charge in [-0.1, -0.05) is 17.7 Å². The second-order valence-electron chi connectivity index (χ2n) is 4.44. The van der Waals surface area contributed by atoms with Crippen LogP contribution < -0.4 is 4.72 Å². The van der Waals surface area contributed by atoms with Crippen molar-refractivity contribution in [1.82, 2.24) is 4.72 Å². The second-order valence-corrected chi connectivity index (χ2v) is 7.14. The van der Waals surface area contributed by atoms with Crippen LogP contribution in [0.2, 0.25) is 0 Å². The molecule has 21 heavy (non-hydrogen) atoms. The summed E-state index contributed by atoms with van der Waals surface area (Å²) in [7, 11) is -3.75. The number of diazo groups is 1. The number of aliphatic hydroxyl groups is 1. The van der Waals surface area contributed by atoms with Gasteiger partial charge in [0.1, 0.15) is 0 Å². The summed E-state index contributed by atoms with van der Waals surface area (Å²) >= 11 is 1.52. The Balaban J connectivity index is 2.98. The molecule has 0 amide bonds. The van der Waals surface area contributed by atoms with Crippen LogP contribution in [0, 0.1) is 12.3 Å². The third-order valence-corrected chi connectivity index (χ3v) is 4.92. The molecule has 2 N–H and O–H groups in total. The largest absolute Gasteiger partial charge is 0.504 e. The lowest BCUT2D eigenvalue weighted by Crippen LogP contribution is -2.36. The molecule has 114 valence electrons. The van der Waals surface area contributed by atoms with E-state index in [4.69, 9.17) is 5.39 Å². The first-order valence-corrected chi connectivity index (χ1v) is 9.09. The van der Waals surface area contributed by atoms with Crippen LogP contribution in [0.15, 0.2) is 41.1 Å². The first-order valence-electron chi connectivity index (χ1n) is 6.22. The molecule has 0 saturated heterocycles. The fourth-order valence-corrected chi connectivity index (χ4v) is 3.34. The van der Waals surface area contributed by atoms with E-state index in [9.17, 15) is 13.5 Å². The summed E-state index contributed by atoms with van der Waals surface area (Å²) in [6, 6.07) is 5.56. The van der Waals surface area contributed by atoms with Crippen molar-refractivity contribution >= 4 is 21.8 Å². The van der Waals surface area contributed by atoms with E-state index in [1.807, 2.05) is 13.2 Å². The highest BCUT2D eigenvalue weighted by molar-refractivity contribution is 7.98. The quantitative estimate of drug-likeness (QED) is 0.593. The predicted molar refractivity (Wildman–Crippen MR) is 84.1 cm³/mol. The minimum absolute atomic E-state index is 0.121. The van der Waals surface area contributed by atoms with Crippen molar-refractivity contribution in [3.05, 3.63) is 46.8 Å².